The predicted molar refractivity (Wildman–Crippen MR) is 74.0 cm³/mol. The Bertz CT molecular complexity index is 728. The SMILES string of the molecule is FC(F)(F)c1ccc(-n2ccc(-c3ccccc3)n2)cc1. The summed E-state index contributed by atoms with van der Waals surface area (Å²) in [6, 6.07) is 16.3. The number of hydrogen-bond acceptors (Lipinski definition) is 1. The van der Waals surface area contributed by atoms with Crippen molar-refractivity contribution in [3.63, 3.8) is 0 Å². The predicted octanol–water partition coefficient (Wildman–Crippen LogP) is 4.56. The van der Waals surface area contributed by atoms with Gasteiger partial charge >= 0.3 is 6.18 Å². The van der Waals surface area contributed by atoms with Crippen LogP contribution in [0.4, 0.5) is 13.2 Å². The van der Waals surface area contributed by atoms with Crippen LogP contribution in [0.2, 0.25) is 0 Å². The zero-order chi connectivity index (χ0) is 14.9. The molecule has 3 aromatic rings. The summed E-state index contributed by atoms with van der Waals surface area (Å²) < 4.78 is 39.1. The van der Waals surface area contributed by atoms with Gasteiger partial charge in [0.1, 0.15) is 0 Å². The molecule has 106 valence electrons. The summed E-state index contributed by atoms with van der Waals surface area (Å²) in [4.78, 5) is 0. The van der Waals surface area contributed by atoms with Crippen LogP contribution >= 0.6 is 0 Å². The topological polar surface area (TPSA) is 17.8 Å². The fraction of sp³-hybridized carbons (Fsp3) is 0.0625. The molecule has 1 heterocycles. The molecule has 21 heavy (non-hydrogen) atoms. The highest BCUT2D eigenvalue weighted by atomic mass is 19.4. The van der Waals surface area contributed by atoms with Gasteiger partial charge in [0.05, 0.1) is 16.9 Å². The van der Waals surface area contributed by atoms with Gasteiger partial charge in [0.2, 0.25) is 0 Å². The van der Waals surface area contributed by atoms with Crippen molar-refractivity contribution in [3.05, 3.63) is 72.4 Å². The molecule has 0 aliphatic rings. The van der Waals surface area contributed by atoms with E-state index < -0.39 is 11.7 Å². The van der Waals surface area contributed by atoms with Crippen molar-refractivity contribution in [1.82, 2.24) is 9.78 Å². The van der Waals surface area contributed by atoms with Gasteiger partial charge in [-0.3, -0.25) is 0 Å². The number of nitrogens with zero attached hydrogens (tertiary/aromatic N) is 2. The maximum absolute atomic E-state index is 12.5. The first kappa shape index (κ1) is 13.4. The van der Waals surface area contributed by atoms with E-state index in [1.165, 1.54) is 12.1 Å². The summed E-state index contributed by atoms with van der Waals surface area (Å²) in [7, 11) is 0. The van der Waals surface area contributed by atoms with Crippen molar-refractivity contribution in [1.29, 1.82) is 0 Å². The van der Waals surface area contributed by atoms with Crippen LogP contribution in [-0.4, -0.2) is 9.78 Å². The second-order valence-corrected chi connectivity index (χ2v) is 4.56. The monoisotopic (exact) mass is 288 g/mol. The van der Waals surface area contributed by atoms with Crippen molar-refractivity contribution in [3.8, 4) is 16.9 Å². The quantitative estimate of drug-likeness (QED) is 0.676. The first-order chi connectivity index (χ1) is 10.0. The van der Waals surface area contributed by atoms with Crippen molar-refractivity contribution in [2.75, 3.05) is 0 Å². The molecule has 0 aliphatic carbocycles. The molecular weight excluding hydrogens is 277 g/mol. The Morgan fingerprint density at radius 2 is 1.48 bits per heavy atom. The lowest BCUT2D eigenvalue weighted by molar-refractivity contribution is -0.137. The van der Waals surface area contributed by atoms with Gasteiger partial charge in [-0.1, -0.05) is 30.3 Å². The zero-order valence-electron chi connectivity index (χ0n) is 10.9. The van der Waals surface area contributed by atoms with E-state index in [4.69, 9.17) is 0 Å². The summed E-state index contributed by atoms with van der Waals surface area (Å²) >= 11 is 0. The van der Waals surface area contributed by atoms with Gasteiger partial charge in [-0.2, -0.15) is 18.3 Å². The summed E-state index contributed by atoms with van der Waals surface area (Å²) in [5.41, 5.74) is 1.66. The van der Waals surface area contributed by atoms with Crippen molar-refractivity contribution >= 4 is 0 Å². The van der Waals surface area contributed by atoms with E-state index >= 15 is 0 Å². The van der Waals surface area contributed by atoms with Gasteiger partial charge in [0, 0.05) is 11.8 Å². The van der Waals surface area contributed by atoms with E-state index in [0.717, 1.165) is 23.4 Å². The highest BCUT2D eigenvalue weighted by molar-refractivity contribution is 5.58. The zero-order valence-corrected chi connectivity index (χ0v) is 10.9. The van der Waals surface area contributed by atoms with Crippen LogP contribution in [0.5, 0.6) is 0 Å². The molecule has 3 rings (SSSR count). The molecule has 0 saturated carbocycles. The minimum Gasteiger partial charge on any atom is -0.240 e. The van der Waals surface area contributed by atoms with Gasteiger partial charge in [-0.15, -0.1) is 0 Å². The molecule has 0 fully saturated rings. The molecule has 5 heteroatoms. The number of rotatable bonds is 2. The van der Waals surface area contributed by atoms with Crippen LogP contribution in [0.15, 0.2) is 66.9 Å². The van der Waals surface area contributed by atoms with Gasteiger partial charge in [0.15, 0.2) is 0 Å². The van der Waals surface area contributed by atoms with Crippen molar-refractivity contribution in [2.24, 2.45) is 0 Å². The van der Waals surface area contributed by atoms with E-state index in [1.54, 1.807) is 10.9 Å². The average Bonchev–Trinajstić information content (AvgIpc) is 2.97. The van der Waals surface area contributed by atoms with E-state index in [1.807, 2.05) is 36.4 Å². The Morgan fingerprint density at radius 1 is 0.810 bits per heavy atom. The molecule has 0 amide bonds. The smallest absolute Gasteiger partial charge is 0.240 e. The van der Waals surface area contributed by atoms with Gasteiger partial charge in [0.25, 0.3) is 0 Å². The number of aromatic nitrogens is 2. The molecule has 0 bridgehead atoms. The molecule has 0 N–H and O–H groups in total. The maximum Gasteiger partial charge on any atom is 0.416 e. The van der Waals surface area contributed by atoms with Crippen LogP contribution in [-0.2, 0) is 6.18 Å². The van der Waals surface area contributed by atoms with Gasteiger partial charge < -0.3 is 0 Å². The largest absolute Gasteiger partial charge is 0.416 e. The Balaban J connectivity index is 1.90. The molecule has 0 atom stereocenters. The third kappa shape index (κ3) is 2.81. The van der Waals surface area contributed by atoms with E-state index in [-0.39, 0.29) is 0 Å². The van der Waals surface area contributed by atoms with Crippen molar-refractivity contribution < 1.29 is 13.2 Å². The lowest BCUT2D eigenvalue weighted by Crippen LogP contribution is -2.05. The van der Waals surface area contributed by atoms with E-state index in [9.17, 15) is 13.2 Å². The normalized spacial score (nSPS) is 11.6. The summed E-state index contributed by atoms with van der Waals surface area (Å²) in [5, 5.41) is 4.38. The lowest BCUT2D eigenvalue weighted by Gasteiger charge is -2.07. The second-order valence-electron chi connectivity index (χ2n) is 4.56. The van der Waals surface area contributed by atoms with Crippen molar-refractivity contribution in [2.45, 2.75) is 6.18 Å². The summed E-state index contributed by atoms with van der Waals surface area (Å²) in [6.45, 7) is 0. The minimum absolute atomic E-state index is 0.588. The third-order valence-corrected chi connectivity index (χ3v) is 3.12. The van der Waals surface area contributed by atoms with Crippen LogP contribution in [0.1, 0.15) is 5.56 Å². The highest BCUT2D eigenvalue weighted by Crippen LogP contribution is 2.29. The van der Waals surface area contributed by atoms with Crippen LogP contribution in [0.25, 0.3) is 16.9 Å². The molecule has 2 nitrogen and oxygen atoms in total. The first-order valence-electron chi connectivity index (χ1n) is 6.33. The first-order valence-corrected chi connectivity index (χ1v) is 6.33. The number of benzene rings is 2. The molecule has 0 spiro atoms. The molecule has 0 radical (unpaired) electrons. The van der Waals surface area contributed by atoms with E-state index in [0.29, 0.717) is 5.69 Å². The maximum atomic E-state index is 12.5. The molecule has 0 unspecified atom stereocenters. The van der Waals surface area contributed by atoms with E-state index in [2.05, 4.69) is 5.10 Å². The highest BCUT2D eigenvalue weighted by Gasteiger charge is 2.30. The number of alkyl halides is 3. The third-order valence-electron chi connectivity index (χ3n) is 3.12. The molecule has 0 saturated heterocycles. The number of hydrogen-bond donors (Lipinski definition) is 0. The Labute approximate surface area is 119 Å². The van der Waals surface area contributed by atoms with Crippen LogP contribution in [0.3, 0.4) is 0 Å². The van der Waals surface area contributed by atoms with Crippen LogP contribution < -0.4 is 0 Å². The van der Waals surface area contributed by atoms with Gasteiger partial charge in [-0.25, -0.2) is 4.68 Å². The molecule has 1 aromatic heterocycles. The minimum atomic E-state index is -4.32. The number of halogens is 3. The molecular formula is C16H11F3N2. The molecule has 0 aliphatic heterocycles. The summed E-state index contributed by atoms with van der Waals surface area (Å²) in [5.74, 6) is 0. The second kappa shape index (κ2) is 5.09. The van der Waals surface area contributed by atoms with Gasteiger partial charge in [-0.05, 0) is 30.3 Å². The fourth-order valence-electron chi connectivity index (χ4n) is 2.03. The lowest BCUT2D eigenvalue weighted by atomic mass is 10.2. The standard InChI is InChI=1S/C16H11F3N2/c17-16(18,19)13-6-8-14(9-7-13)21-11-10-15(20-21)12-4-2-1-3-5-12/h1-11H. The summed E-state index contributed by atoms with van der Waals surface area (Å²) in [6.07, 6.45) is -2.59. The Kier molecular flexibility index (Phi) is 3.25. The Morgan fingerprint density at radius 3 is 2.10 bits per heavy atom. The van der Waals surface area contributed by atoms with Crippen LogP contribution in [0, 0.1) is 0 Å². The fourth-order valence-corrected chi connectivity index (χ4v) is 2.03. The Hall–Kier alpha value is -2.56. The molecule has 2 aromatic carbocycles. The average molecular weight is 288 g/mol.